The number of hydrogen-bond donors (Lipinski definition) is 1. The summed E-state index contributed by atoms with van der Waals surface area (Å²) in [5.74, 6) is 0.927. The van der Waals surface area contributed by atoms with Gasteiger partial charge in [0.2, 0.25) is 0 Å². The van der Waals surface area contributed by atoms with Crippen LogP contribution in [0.4, 0.5) is 5.82 Å². The minimum Gasteiger partial charge on any atom is -0.383 e. The first-order valence-electron chi connectivity index (χ1n) is 5.63. The van der Waals surface area contributed by atoms with E-state index in [0.717, 1.165) is 11.3 Å². The Kier molecular flexibility index (Phi) is 2.89. The molecule has 0 bridgehead atoms. The minimum atomic E-state index is 0.445. The molecule has 0 spiro atoms. The number of nitrogens with zero attached hydrogens (tertiary/aromatic N) is 4. The van der Waals surface area contributed by atoms with Crippen LogP contribution in [0.2, 0.25) is 5.02 Å². The lowest BCUT2D eigenvalue weighted by molar-refractivity contribution is 0.820. The molecule has 0 radical (unpaired) electrons. The van der Waals surface area contributed by atoms with Crippen molar-refractivity contribution in [1.82, 2.24) is 19.7 Å². The Hall–Kier alpha value is -2.40. The van der Waals surface area contributed by atoms with Crippen molar-refractivity contribution >= 4 is 17.4 Å². The Morgan fingerprint density at radius 3 is 2.42 bits per heavy atom. The summed E-state index contributed by atoms with van der Waals surface area (Å²) >= 11 is 5.86. The van der Waals surface area contributed by atoms with Gasteiger partial charge >= 0.3 is 0 Å². The predicted octanol–water partition coefficient (Wildman–Crippen LogP) is 2.56. The van der Waals surface area contributed by atoms with Crippen molar-refractivity contribution in [3.05, 3.63) is 53.8 Å². The number of rotatable bonds is 2. The van der Waals surface area contributed by atoms with Gasteiger partial charge in [-0.25, -0.2) is 9.97 Å². The van der Waals surface area contributed by atoms with Crippen LogP contribution < -0.4 is 5.73 Å². The normalized spacial score (nSPS) is 10.6. The van der Waals surface area contributed by atoms with Crippen LogP contribution in [0.3, 0.4) is 0 Å². The maximum Gasteiger partial charge on any atom is 0.252 e. The van der Waals surface area contributed by atoms with Gasteiger partial charge in [0.05, 0.1) is 5.69 Å². The zero-order valence-corrected chi connectivity index (χ0v) is 10.6. The van der Waals surface area contributed by atoms with Crippen LogP contribution in [0.15, 0.2) is 48.8 Å². The van der Waals surface area contributed by atoms with Crippen molar-refractivity contribution in [2.45, 2.75) is 0 Å². The van der Waals surface area contributed by atoms with Gasteiger partial charge in [0.1, 0.15) is 5.82 Å². The SMILES string of the molecule is Nc1cc(-c2ccc(Cl)cc2)nn1-c1ncccn1. The number of hydrogen-bond acceptors (Lipinski definition) is 4. The van der Waals surface area contributed by atoms with Crippen LogP contribution in [0.25, 0.3) is 17.2 Å². The van der Waals surface area contributed by atoms with Gasteiger partial charge in [0.25, 0.3) is 5.95 Å². The molecular weight excluding hydrogens is 262 g/mol. The van der Waals surface area contributed by atoms with Crippen molar-refractivity contribution in [3.63, 3.8) is 0 Å². The van der Waals surface area contributed by atoms with Crippen LogP contribution in [0.1, 0.15) is 0 Å². The summed E-state index contributed by atoms with van der Waals surface area (Å²) in [5, 5.41) is 5.09. The second-order valence-corrected chi connectivity index (χ2v) is 4.36. The van der Waals surface area contributed by atoms with E-state index in [1.165, 1.54) is 4.68 Å². The molecule has 94 valence electrons. The van der Waals surface area contributed by atoms with Crippen molar-refractivity contribution in [2.24, 2.45) is 0 Å². The number of nitrogen functional groups attached to an aromatic ring is 1. The van der Waals surface area contributed by atoms with E-state index in [2.05, 4.69) is 15.1 Å². The third kappa shape index (κ3) is 2.28. The van der Waals surface area contributed by atoms with Crippen LogP contribution in [0, 0.1) is 0 Å². The van der Waals surface area contributed by atoms with Crippen LogP contribution in [0.5, 0.6) is 0 Å². The average Bonchev–Trinajstić information content (AvgIpc) is 2.83. The lowest BCUT2D eigenvalue weighted by Crippen LogP contribution is -2.05. The Labute approximate surface area is 114 Å². The van der Waals surface area contributed by atoms with E-state index < -0.39 is 0 Å². The van der Waals surface area contributed by atoms with E-state index in [1.807, 2.05) is 24.3 Å². The summed E-state index contributed by atoms with van der Waals surface area (Å²) < 4.78 is 1.50. The zero-order chi connectivity index (χ0) is 13.2. The van der Waals surface area contributed by atoms with Gasteiger partial charge in [0, 0.05) is 29.0 Å². The van der Waals surface area contributed by atoms with Crippen molar-refractivity contribution in [3.8, 4) is 17.2 Å². The van der Waals surface area contributed by atoms with E-state index in [-0.39, 0.29) is 0 Å². The quantitative estimate of drug-likeness (QED) is 0.778. The van der Waals surface area contributed by atoms with Crippen LogP contribution >= 0.6 is 11.6 Å². The molecule has 5 nitrogen and oxygen atoms in total. The monoisotopic (exact) mass is 271 g/mol. The van der Waals surface area contributed by atoms with Gasteiger partial charge in [0.15, 0.2) is 0 Å². The Balaban J connectivity index is 2.04. The summed E-state index contributed by atoms with van der Waals surface area (Å²) in [7, 11) is 0. The molecule has 3 aromatic rings. The summed E-state index contributed by atoms with van der Waals surface area (Å²) in [4.78, 5) is 8.24. The number of anilines is 1. The van der Waals surface area contributed by atoms with Crippen molar-refractivity contribution in [2.75, 3.05) is 5.73 Å². The van der Waals surface area contributed by atoms with E-state index in [9.17, 15) is 0 Å². The number of nitrogens with two attached hydrogens (primary N) is 1. The lowest BCUT2D eigenvalue weighted by Gasteiger charge is -2.00. The molecule has 0 amide bonds. The molecule has 0 aliphatic heterocycles. The first-order chi connectivity index (χ1) is 9.24. The fourth-order valence-electron chi connectivity index (χ4n) is 1.72. The molecule has 0 aliphatic carbocycles. The third-order valence-corrected chi connectivity index (χ3v) is 2.87. The number of aromatic nitrogens is 4. The third-order valence-electron chi connectivity index (χ3n) is 2.62. The van der Waals surface area contributed by atoms with E-state index in [1.54, 1.807) is 24.5 Å². The Bertz CT molecular complexity index is 691. The highest BCUT2D eigenvalue weighted by atomic mass is 35.5. The van der Waals surface area contributed by atoms with Gasteiger partial charge < -0.3 is 5.73 Å². The first kappa shape index (κ1) is 11.7. The van der Waals surface area contributed by atoms with Crippen molar-refractivity contribution < 1.29 is 0 Å². The van der Waals surface area contributed by atoms with Gasteiger partial charge in [-0.3, -0.25) is 0 Å². The molecule has 0 aliphatic rings. The average molecular weight is 272 g/mol. The van der Waals surface area contributed by atoms with Gasteiger partial charge in [-0.2, -0.15) is 9.78 Å². The standard InChI is InChI=1S/C13H10ClN5/c14-10-4-2-9(3-5-10)11-8-12(15)19(18-11)13-16-6-1-7-17-13/h1-8H,15H2. The first-order valence-corrected chi connectivity index (χ1v) is 6.01. The summed E-state index contributed by atoms with van der Waals surface area (Å²) in [6.07, 6.45) is 3.29. The highest BCUT2D eigenvalue weighted by Crippen LogP contribution is 2.23. The number of benzene rings is 1. The molecule has 0 saturated carbocycles. The molecule has 0 unspecified atom stereocenters. The fourth-order valence-corrected chi connectivity index (χ4v) is 1.84. The molecular formula is C13H10ClN5. The lowest BCUT2D eigenvalue weighted by atomic mass is 10.1. The van der Waals surface area contributed by atoms with Gasteiger partial charge in [-0.1, -0.05) is 23.7 Å². The molecule has 0 fully saturated rings. The molecule has 2 aromatic heterocycles. The maximum atomic E-state index is 5.94. The molecule has 0 atom stereocenters. The highest BCUT2D eigenvalue weighted by molar-refractivity contribution is 6.30. The molecule has 2 heterocycles. The van der Waals surface area contributed by atoms with Gasteiger partial charge in [-0.05, 0) is 18.2 Å². The second-order valence-electron chi connectivity index (χ2n) is 3.92. The summed E-state index contributed by atoms with van der Waals surface area (Å²) in [6, 6.07) is 10.9. The van der Waals surface area contributed by atoms with Crippen LogP contribution in [-0.4, -0.2) is 19.7 Å². The second kappa shape index (κ2) is 4.70. The van der Waals surface area contributed by atoms with E-state index in [4.69, 9.17) is 17.3 Å². The van der Waals surface area contributed by atoms with E-state index >= 15 is 0 Å². The number of halogens is 1. The fraction of sp³-hybridized carbons (Fsp3) is 0. The molecule has 3 rings (SSSR count). The largest absolute Gasteiger partial charge is 0.383 e. The summed E-state index contributed by atoms with van der Waals surface area (Å²) in [5.41, 5.74) is 7.62. The van der Waals surface area contributed by atoms with Crippen LogP contribution in [-0.2, 0) is 0 Å². The van der Waals surface area contributed by atoms with Gasteiger partial charge in [-0.15, -0.1) is 0 Å². The molecule has 1 aromatic carbocycles. The topological polar surface area (TPSA) is 69.6 Å². The minimum absolute atomic E-state index is 0.445. The molecule has 19 heavy (non-hydrogen) atoms. The summed E-state index contributed by atoms with van der Waals surface area (Å²) in [6.45, 7) is 0. The maximum absolute atomic E-state index is 5.94. The van der Waals surface area contributed by atoms with Crippen molar-refractivity contribution in [1.29, 1.82) is 0 Å². The molecule has 2 N–H and O–H groups in total. The smallest absolute Gasteiger partial charge is 0.252 e. The van der Waals surface area contributed by atoms with E-state index in [0.29, 0.717) is 16.8 Å². The Morgan fingerprint density at radius 1 is 1.05 bits per heavy atom. The predicted molar refractivity (Wildman–Crippen MR) is 74.0 cm³/mol. The molecule has 6 heteroatoms. The molecule has 0 saturated heterocycles. The zero-order valence-electron chi connectivity index (χ0n) is 9.86. The highest BCUT2D eigenvalue weighted by Gasteiger charge is 2.10. The Morgan fingerprint density at radius 2 is 1.74 bits per heavy atom.